The first kappa shape index (κ1) is 27.3. The van der Waals surface area contributed by atoms with Gasteiger partial charge in [0.25, 0.3) is 0 Å². The second-order valence-electron chi connectivity index (χ2n) is 7.46. The van der Waals surface area contributed by atoms with Gasteiger partial charge in [0.15, 0.2) is 6.10 Å². The zero-order valence-corrected chi connectivity index (χ0v) is 22.9. The Labute approximate surface area is 225 Å². The van der Waals surface area contributed by atoms with E-state index in [1.807, 2.05) is 36.4 Å². The minimum Gasteiger partial charge on any atom is -0.506 e. The lowest BCUT2D eigenvalue weighted by molar-refractivity contribution is -0.142. The molecule has 186 valence electrons. The molecule has 3 aromatic rings. The molecule has 0 spiro atoms. The topological polar surface area (TPSA) is 94.1 Å². The van der Waals surface area contributed by atoms with Crippen LogP contribution in [0.15, 0.2) is 63.5 Å². The number of fused-ring (bicyclic) bond motifs is 1. The number of hydrogen-bond acceptors (Lipinski definition) is 7. The number of hydrogen-bond donors (Lipinski definition) is 3. The number of esters is 1. The largest absolute Gasteiger partial charge is 0.506 e. The average molecular weight is 627 g/mol. The predicted octanol–water partition coefficient (Wildman–Crippen LogP) is 6.63. The van der Waals surface area contributed by atoms with Crippen LogP contribution >= 0.6 is 44.5 Å². The van der Waals surface area contributed by atoms with Gasteiger partial charge in [-0.2, -0.15) is 12.6 Å². The molecule has 0 fully saturated rings. The van der Waals surface area contributed by atoms with Crippen LogP contribution in [0.5, 0.6) is 5.75 Å². The van der Waals surface area contributed by atoms with Gasteiger partial charge in [-0.1, -0.05) is 52.3 Å². The number of aromatic hydroxyl groups is 1. The molecule has 0 saturated carbocycles. The van der Waals surface area contributed by atoms with Crippen molar-refractivity contribution >= 4 is 73.0 Å². The van der Waals surface area contributed by atoms with E-state index >= 15 is 0 Å². The molecule has 0 saturated heterocycles. The summed E-state index contributed by atoms with van der Waals surface area (Å²) >= 11 is 10.6. The molecule has 0 aliphatic rings. The van der Waals surface area contributed by atoms with Gasteiger partial charge in [-0.15, -0.1) is 0 Å². The van der Waals surface area contributed by atoms with Crippen LogP contribution in [0.2, 0.25) is 0 Å². The predicted molar refractivity (Wildman–Crippen MR) is 145 cm³/mol. The fourth-order valence-electron chi connectivity index (χ4n) is 3.60. The molecule has 0 bridgehead atoms. The number of nitrogens with one attached hydrogen (secondary N) is 1. The highest BCUT2D eigenvalue weighted by molar-refractivity contribution is 9.11. The summed E-state index contributed by atoms with van der Waals surface area (Å²) in [6.45, 7) is 2.15. The van der Waals surface area contributed by atoms with Gasteiger partial charge in [-0.25, -0.2) is 4.79 Å². The molecule has 10 heteroatoms. The van der Waals surface area contributed by atoms with Crippen molar-refractivity contribution in [3.63, 3.8) is 0 Å². The van der Waals surface area contributed by atoms with Crippen molar-refractivity contribution in [1.82, 2.24) is 0 Å². The molecule has 2 atom stereocenters. The standard InChI is InChI=1S/C25H25Br2NO6S/c1-2-32-21(10-11-33-22(29)14-35)24(18-12-16(26)13-19(27)23(18)30)34-25(31)28-20-9-5-7-15-6-3-4-8-17(15)20/h3-9,12-13,21,24,30,35H,2,10-11,14H2,1H3,(H,28,31)/t21-,24-/m0/s1. The molecule has 0 heterocycles. The van der Waals surface area contributed by atoms with Gasteiger partial charge in [-0.05, 0) is 46.4 Å². The van der Waals surface area contributed by atoms with Crippen LogP contribution in [0.3, 0.4) is 0 Å². The summed E-state index contributed by atoms with van der Waals surface area (Å²) in [5, 5.41) is 15.4. The lowest BCUT2D eigenvalue weighted by atomic mass is 10.0. The van der Waals surface area contributed by atoms with E-state index in [0.717, 1.165) is 10.8 Å². The Morgan fingerprint density at radius 3 is 2.60 bits per heavy atom. The van der Waals surface area contributed by atoms with Gasteiger partial charge in [0.05, 0.1) is 22.5 Å². The van der Waals surface area contributed by atoms with Gasteiger partial charge < -0.3 is 19.3 Å². The van der Waals surface area contributed by atoms with Gasteiger partial charge in [-0.3, -0.25) is 10.1 Å². The van der Waals surface area contributed by atoms with Crippen molar-refractivity contribution in [2.24, 2.45) is 0 Å². The SMILES string of the molecule is CCO[C@@H](CCOC(=O)CS)[C@@H](OC(=O)Nc1cccc2ccccc12)c1cc(Br)cc(Br)c1O. The van der Waals surface area contributed by atoms with E-state index in [9.17, 15) is 14.7 Å². The van der Waals surface area contributed by atoms with Crippen LogP contribution in [0.4, 0.5) is 10.5 Å². The Morgan fingerprint density at radius 1 is 1.11 bits per heavy atom. The summed E-state index contributed by atoms with van der Waals surface area (Å²) in [6.07, 6.45) is -2.21. The summed E-state index contributed by atoms with van der Waals surface area (Å²) in [7, 11) is 0. The van der Waals surface area contributed by atoms with Crippen LogP contribution in [0, 0.1) is 0 Å². The van der Waals surface area contributed by atoms with E-state index in [1.54, 1.807) is 25.1 Å². The van der Waals surface area contributed by atoms with Crippen LogP contribution < -0.4 is 5.32 Å². The lowest BCUT2D eigenvalue weighted by Gasteiger charge is -2.28. The van der Waals surface area contributed by atoms with Crippen LogP contribution in [0.25, 0.3) is 10.8 Å². The highest BCUT2D eigenvalue weighted by Gasteiger charge is 2.31. The molecule has 3 rings (SSSR count). The second kappa shape index (κ2) is 13.2. The van der Waals surface area contributed by atoms with Gasteiger partial charge in [0, 0.05) is 28.5 Å². The molecule has 35 heavy (non-hydrogen) atoms. The van der Waals surface area contributed by atoms with Crippen molar-refractivity contribution in [3.8, 4) is 5.75 Å². The molecule has 3 aromatic carbocycles. The average Bonchev–Trinajstić information content (AvgIpc) is 2.84. The van der Waals surface area contributed by atoms with Crippen molar-refractivity contribution in [2.45, 2.75) is 25.6 Å². The van der Waals surface area contributed by atoms with Crippen molar-refractivity contribution < 1.29 is 28.9 Å². The fraction of sp³-hybridized carbons (Fsp3) is 0.280. The highest BCUT2D eigenvalue weighted by Crippen LogP contribution is 2.39. The van der Waals surface area contributed by atoms with E-state index in [1.165, 1.54) is 0 Å². The number of phenolic OH excluding ortho intramolecular Hbond substituents is 1. The first-order chi connectivity index (χ1) is 16.8. The molecular formula is C25H25Br2NO6S. The third-order valence-electron chi connectivity index (χ3n) is 5.14. The first-order valence-electron chi connectivity index (χ1n) is 10.9. The first-order valence-corrected chi connectivity index (χ1v) is 13.1. The number of thiol groups is 1. The molecule has 0 aliphatic carbocycles. The number of phenols is 1. The maximum atomic E-state index is 13.1. The highest BCUT2D eigenvalue weighted by atomic mass is 79.9. The minimum atomic E-state index is -1.01. The van der Waals surface area contributed by atoms with Crippen molar-refractivity contribution in [2.75, 3.05) is 24.3 Å². The molecule has 7 nitrogen and oxygen atoms in total. The van der Waals surface area contributed by atoms with Crippen molar-refractivity contribution in [1.29, 1.82) is 0 Å². The van der Waals surface area contributed by atoms with Crippen LogP contribution in [-0.2, 0) is 19.0 Å². The number of anilines is 1. The molecule has 0 aliphatic heterocycles. The quantitative estimate of drug-likeness (QED) is 0.173. The Bertz CT molecular complexity index is 1190. The van der Waals surface area contributed by atoms with Crippen molar-refractivity contribution in [3.05, 3.63) is 69.1 Å². The molecule has 0 radical (unpaired) electrons. The summed E-state index contributed by atoms with van der Waals surface area (Å²) < 4.78 is 17.9. The van der Waals surface area contributed by atoms with Gasteiger partial charge >= 0.3 is 12.1 Å². The lowest BCUT2D eigenvalue weighted by Crippen LogP contribution is -2.30. The van der Waals surface area contributed by atoms with E-state index < -0.39 is 24.3 Å². The van der Waals surface area contributed by atoms with E-state index in [2.05, 4.69) is 49.8 Å². The number of ether oxygens (including phenoxy) is 3. The number of carbonyl (C=O) groups excluding carboxylic acids is 2. The summed E-state index contributed by atoms with van der Waals surface area (Å²) in [6, 6.07) is 16.5. The number of amides is 1. The number of halogens is 2. The molecule has 2 N–H and O–H groups in total. The zero-order chi connectivity index (χ0) is 25.4. The monoisotopic (exact) mass is 625 g/mol. The minimum absolute atomic E-state index is 0.0325. The summed E-state index contributed by atoms with van der Waals surface area (Å²) in [5.74, 6) is -0.609. The van der Waals surface area contributed by atoms with Gasteiger partial charge in [0.2, 0.25) is 0 Å². The normalized spacial score (nSPS) is 12.7. The second-order valence-corrected chi connectivity index (χ2v) is 9.55. The third kappa shape index (κ3) is 7.36. The van der Waals surface area contributed by atoms with Crippen LogP contribution in [-0.4, -0.2) is 42.2 Å². The summed E-state index contributed by atoms with van der Waals surface area (Å²) in [5.41, 5.74) is 0.917. The molecule has 0 aromatic heterocycles. The molecular weight excluding hydrogens is 602 g/mol. The van der Waals surface area contributed by atoms with E-state index in [4.69, 9.17) is 14.2 Å². The number of carbonyl (C=O) groups is 2. The maximum absolute atomic E-state index is 13.1. The Kier molecular flexibility index (Phi) is 10.3. The smallest absolute Gasteiger partial charge is 0.412 e. The summed E-state index contributed by atoms with van der Waals surface area (Å²) in [4.78, 5) is 24.6. The maximum Gasteiger partial charge on any atom is 0.412 e. The fourth-order valence-corrected chi connectivity index (χ4v) is 4.95. The third-order valence-corrected chi connectivity index (χ3v) is 6.46. The Hall–Kier alpha value is -2.27. The molecule has 0 unspecified atom stereocenters. The Morgan fingerprint density at radius 2 is 1.86 bits per heavy atom. The van der Waals surface area contributed by atoms with Gasteiger partial charge in [0.1, 0.15) is 11.9 Å². The van der Waals surface area contributed by atoms with E-state index in [0.29, 0.717) is 26.8 Å². The zero-order valence-electron chi connectivity index (χ0n) is 18.9. The number of benzene rings is 3. The Balaban J connectivity index is 1.90. The van der Waals surface area contributed by atoms with Crippen LogP contribution in [0.1, 0.15) is 25.0 Å². The van der Waals surface area contributed by atoms with E-state index in [-0.39, 0.29) is 24.5 Å². The molecule has 1 amide bonds. The number of rotatable bonds is 10.